The molecule has 0 aliphatic rings. The van der Waals surface area contributed by atoms with E-state index in [9.17, 15) is 0 Å². The maximum Gasteiger partial charge on any atom is 0.101 e. The Bertz CT molecular complexity index is 454. The molecular formula is C11H6N3. The normalized spacial score (nSPS) is 9.36. The van der Waals surface area contributed by atoms with Gasteiger partial charge in [-0.25, -0.2) is 4.98 Å². The van der Waals surface area contributed by atoms with Crippen molar-refractivity contribution in [3.8, 4) is 17.5 Å². The third-order valence-corrected chi connectivity index (χ3v) is 1.76. The number of nitriles is 1. The second-order valence-corrected chi connectivity index (χ2v) is 2.70. The molecule has 3 heteroatoms. The first kappa shape index (κ1) is 8.39. The van der Waals surface area contributed by atoms with Crippen molar-refractivity contribution in [3.05, 3.63) is 48.3 Å². The van der Waals surface area contributed by atoms with Gasteiger partial charge in [-0.2, -0.15) is 5.26 Å². The van der Waals surface area contributed by atoms with Crippen LogP contribution in [0.3, 0.4) is 0 Å². The predicted molar refractivity (Wildman–Crippen MR) is 51.0 cm³/mol. The summed E-state index contributed by atoms with van der Waals surface area (Å²) in [6.45, 7) is 0. The number of hydrogen-bond donors (Lipinski definition) is 0. The Morgan fingerprint density at radius 2 is 2.14 bits per heavy atom. The molecule has 2 aromatic rings. The van der Waals surface area contributed by atoms with E-state index < -0.39 is 0 Å². The molecule has 3 nitrogen and oxygen atoms in total. The van der Waals surface area contributed by atoms with E-state index in [4.69, 9.17) is 5.26 Å². The molecule has 0 spiro atoms. The van der Waals surface area contributed by atoms with Gasteiger partial charge in [0.2, 0.25) is 0 Å². The van der Waals surface area contributed by atoms with E-state index in [-0.39, 0.29) is 0 Å². The topological polar surface area (TPSA) is 49.6 Å². The average Bonchev–Trinajstić information content (AvgIpc) is 2.30. The lowest BCUT2D eigenvalue weighted by Crippen LogP contribution is -1.86. The lowest BCUT2D eigenvalue weighted by Gasteiger charge is -1.97. The van der Waals surface area contributed by atoms with Crippen LogP contribution in [-0.4, -0.2) is 9.97 Å². The summed E-state index contributed by atoms with van der Waals surface area (Å²) in [5, 5.41) is 8.59. The van der Waals surface area contributed by atoms with Crippen LogP contribution in [0.15, 0.2) is 36.5 Å². The largest absolute Gasteiger partial charge is 0.253 e. The van der Waals surface area contributed by atoms with E-state index >= 15 is 0 Å². The zero-order valence-electron chi connectivity index (χ0n) is 7.31. The highest BCUT2D eigenvalue weighted by Crippen LogP contribution is 2.12. The molecule has 0 aliphatic heterocycles. The Labute approximate surface area is 81.7 Å². The smallest absolute Gasteiger partial charge is 0.101 e. The van der Waals surface area contributed by atoms with Crippen LogP contribution in [0.1, 0.15) is 5.56 Å². The average molecular weight is 180 g/mol. The van der Waals surface area contributed by atoms with Crippen molar-refractivity contribution >= 4 is 0 Å². The molecule has 0 amide bonds. The number of rotatable bonds is 1. The van der Waals surface area contributed by atoms with E-state index in [0.29, 0.717) is 5.56 Å². The van der Waals surface area contributed by atoms with Gasteiger partial charge in [-0.05, 0) is 24.3 Å². The van der Waals surface area contributed by atoms with E-state index in [2.05, 4.69) is 16.2 Å². The quantitative estimate of drug-likeness (QED) is 0.672. The van der Waals surface area contributed by atoms with Gasteiger partial charge < -0.3 is 0 Å². The Balaban J connectivity index is 2.40. The summed E-state index contributed by atoms with van der Waals surface area (Å²) in [4.78, 5) is 8.15. The molecule has 2 heterocycles. The Hall–Kier alpha value is -2.21. The first-order valence-corrected chi connectivity index (χ1v) is 4.10. The van der Waals surface area contributed by atoms with Crippen molar-refractivity contribution in [2.24, 2.45) is 0 Å². The summed E-state index contributed by atoms with van der Waals surface area (Å²) < 4.78 is 0. The van der Waals surface area contributed by atoms with E-state index in [0.717, 1.165) is 11.4 Å². The summed E-state index contributed by atoms with van der Waals surface area (Å²) in [5.74, 6) is 0. The second-order valence-electron chi connectivity index (χ2n) is 2.70. The van der Waals surface area contributed by atoms with Crippen molar-refractivity contribution in [1.82, 2.24) is 9.97 Å². The van der Waals surface area contributed by atoms with Crippen molar-refractivity contribution < 1.29 is 0 Å². The van der Waals surface area contributed by atoms with Crippen molar-refractivity contribution in [2.45, 2.75) is 0 Å². The van der Waals surface area contributed by atoms with E-state index in [1.807, 2.05) is 18.2 Å². The Morgan fingerprint density at radius 3 is 2.71 bits per heavy atom. The molecule has 0 atom stereocenters. The highest BCUT2D eigenvalue weighted by Gasteiger charge is 1.98. The molecular weight excluding hydrogens is 174 g/mol. The number of pyridine rings is 2. The molecule has 1 radical (unpaired) electrons. The fourth-order valence-electron chi connectivity index (χ4n) is 1.08. The minimum absolute atomic E-state index is 0.550. The van der Waals surface area contributed by atoms with Gasteiger partial charge in [-0.3, -0.25) is 4.98 Å². The van der Waals surface area contributed by atoms with Crippen LogP contribution in [0.5, 0.6) is 0 Å². The van der Waals surface area contributed by atoms with Gasteiger partial charge in [0.15, 0.2) is 0 Å². The molecule has 0 N–H and O–H groups in total. The maximum atomic E-state index is 8.59. The van der Waals surface area contributed by atoms with Gasteiger partial charge in [-0.1, -0.05) is 6.07 Å². The van der Waals surface area contributed by atoms with Crippen LogP contribution in [0.25, 0.3) is 11.4 Å². The maximum absolute atomic E-state index is 8.59. The summed E-state index contributed by atoms with van der Waals surface area (Å²) in [6.07, 6.45) is 4.26. The molecule has 0 fully saturated rings. The van der Waals surface area contributed by atoms with Crippen molar-refractivity contribution in [1.29, 1.82) is 5.26 Å². The van der Waals surface area contributed by atoms with Crippen LogP contribution in [0, 0.1) is 17.5 Å². The van der Waals surface area contributed by atoms with Gasteiger partial charge in [0.1, 0.15) is 6.07 Å². The first-order chi connectivity index (χ1) is 6.90. The molecule has 0 saturated heterocycles. The van der Waals surface area contributed by atoms with Crippen molar-refractivity contribution in [2.75, 3.05) is 0 Å². The SMILES string of the molecule is N#Cc1ccc(-c2ccc[c]n2)nc1. The molecule has 0 unspecified atom stereocenters. The van der Waals surface area contributed by atoms with Crippen LogP contribution in [0.4, 0.5) is 0 Å². The molecule has 65 valence electrons. The minimum atomic E-state index is 0.550. The molecule has 2 rings (SSSR count). The minimum Gasteiger partial charge on any atom is -0.253 e. The summed E-state index contributed by atoms with van der Waals surface area (Å²) in [5.41, 5.74) is 2.06. The van der Waals surface area contributed by atoms with Gasteiger partial charge >= 0.3 is 0 Å². The van der Waals surface area contributed by atoms with Crippen LogP contribution in [-0.2, 0) is 0 Å². The highest BCUT2D eigenvalue weighted by molar-refractivity contribution is 5.53. The molecule has 0 saturated carbocycles. The fourth-order valence-corrected chi connectivity index (χ4v) is 1.08. The van der Waals surface area contributed by atoms with Gasteiger partial charge in [-0.15, -0.1) is 0 Å². The zero-order valence-corrected chi connectivity index (χ0v) is 7.31. The molecule has 0 bridgehead atoms. The van der Waals surface area contributed by atoms with E-state index in [1.165, 1.54) is 6.20 Å². The Kier molecular flexibility index (Phi) is 2.20. The monoisotopic (exact) mass is 180 g/mol. The molecule has 0 aromatic carbocycles. The lowest BCUT2D eigenvalue weighted by atomic mass is 10.2. The Morgan fingerprint density at radius 1 is 1.21 bits per heavy atom. The third kappa shape index (κ3) is 1.59. The number of aromatic nitrogens is 2. The predicted octanol–water partition coefficient (Wildman–Crippen LogP) is 1.82. The number of nitrogens with zero attached hydrogens (tertiary/aromatic N) is 3. The number of hydrogen-bond acceptors (Lipinski definition) is 3. The summed E-state index contributed by atoms with van der Waals surface area (Å²) >= 11 is 0. The van der Waals surface area contributed by atoms with E-state index in [1.54, 1.807) is 18.2 Å². The van der Waals surface area contributed by atoms with Crippen LogP contribution < -0.4 is 0 Å². The first-order valence-electron chi connectivity index (χ1n) is 4.10. The van der Waals surface area contributed by atoms with Crippen molar-refractivity contribution in [3.63, 3.8) is 0 Å². The highest BCUT2D eigenvalue weighted by atomic mass is 14.8. The molecule has 14 heavy (non-hydrogen) atoms. The van der Waals surface area contributed by atoms with Gasteiger partial charge in [0.25, 0.3) is 0 Å². The van der Waals surface area contributed by atoms with Gasteiger partial charge in [0, 0.05) is 6.20 Å². The molecule has 0 aliphatic carbocycles. The zero-order chi connectivity index (χ0) is 9.80. The fraction of sp³-hybridized carbons (Fsp3) is 0. The van der Waals surface area contributed by atoms with Gasteiger partial charge in [0.05, 0.1) is 23.1 Å². The summed E-state index contributed by atoms with van der Waals surface area (Å²) in [6, 6.07) is 10.9. The third-order valence-electron chi connectivity index (χ3n) is 1.76. The lowest BCUT2D eigenvalue weighted by molar-refractivity contribution is 1.23. The summed E-state index contributed by atoms with van der Waals surface area (Å²) in [7, 11) is 0. The standard InChI is InChI=1S/C11H6N3/c12-7-9-4-5-11(14-8-9)10-3-1-2-6-13-10/h1-5,8H. The second kappa shape index (κ2) is 3.67. The van der Waals surface area contributed by atoms with Crippen LogP contribution in [0.2, 0.25) is 0 Å². The molecule has 2 aromatic heterocycles. The van der Waals surface area contributed by atoms with Crippen LogP contribution >= 0.6 is 0 Å².